The molecular formula is C10H16O3Si. The van der Waals surface area contributed by atoms with Crippen LogP contribution in [0.1, 0.15) is 5.56 Å². The van der Waals surface area contributed by atoms with E-state index in [1.54, 1.807) is 21.3 Å². The van der Waals surface area contributed by atoms with Gasteiger partial charge in [0.15, 0.2) is 0 Å². The van der Waals surface area contributed by atoms with Gasteiger partial charge >= 0.3 is 9.28 Å². The minimum Gasteiger partial charge on any atom is -0.397 e. The lowest BCUT2D eigenvalue weighted by molar-refractivity contribution is 0.185. The Balaban J connectivity index is 2.92. The Bertz CT molecular complexity index is 274. The lowest BCUT2D eigenvalue weighted by Gasteiger charge is -2.14. The topological polar surface area (TPSA) is 27.7 Å². The van der Waals surface area contributed by atoms with Crippen LogP contribution in [0.15, 0.2) is 24.3 Å². The Morgan fingerprint density at radius 1 is 1.07 bits per heavy atom. The zero-order valence-corrected chi connectivity index (χ0v) is 9.97. The number of hydrogen-bond acceptors (Lipinski definition) is 3. The van der Waals surface area contributed by atoms with E-state index < -0.39 is 9.28 Å². The van der Waals surface area contributed by atoms with Crippen LogP contribution in [-0.4, -0.2) is 30.6 Å². The molecule has 0 saturated carbocycles. The van der Waals surface area contributed by atoms with E-state index in [-0.39, 0.29) is 0 Å². The third-order valence-corrected chi connectivity index (χ3v) is 3.96. The van der Waals surface area contributed by atoms with Crippen LogP contribution in [0.5, 0.6) is 0 Å². The second-order valence-corrected chi connectivity index (χ2v) is 5.16. The fourth-order valence-electron chi connectivity index (χ4n) is 1.40. The maximum atomic E-state index is 5.33. The van der Waals surface area contributed by atoms with Gasteiger partial charge < -0.3 is 13.6 Å². The summed E-state index contributed by atoms with van der Waals surface area (Å²) in [5.74, 6) is 0. The summed E-state index contributed by atoms with van der Waals surface area (Å²) in [4.78, 5) is 0. The maximum absolute atomic E-state index is 5.33. The minimum absolute atomic E-state index is 0.604. The SMILES string of the molecule is COCc1ccccc1[SiH](OC)OC. The number of rotatable bonds is 5. The molecule has 78 valence electrons. The van der Waals surface area contributed by atoms with Crippen LogP contribution in [0.2, 0.25) is 0 Å². The largest absolute Gasteiger partial charge is 0.397 e. The van der Waals surface area contributed by atoms with Crippen LogP contribution in [-0.2, 0) is 20.2 Å². The third kappa shape index (κ3) is 2.65. The molecule has 0 amide bonds. The Morgan fingerprint density at radius 3 is 2.29 bits per heavy atom. The fourth-order valence-corrected chi connectivity index (χ4v) is 2.85. The highest BCUT2D eigenvalue weighted by molar-refractivity contribution is 6.61. The molecule has 0 radical (unpaired) electrons. The van der Waals surface area contributed by atoms with Gasteiger partial charge in [0.1, 0.15) is 0 Å². The van der Waals surface area contributed by atoms with Crippen LogP contribution in [0, 0.1) is 0 Å². The number of hydrogen-bond donors (Lipinski definition) is 0. The van der Waals surface area contributed by atoms with E-state index in [4.69, 9.17) is 13.6 Å². The van der Waals surface area contributed by atoms with E-state index in [2.05, 4.69) is 0 Å². The maximum Gasteiger partial charge on any atom is 0.355 e. The molecule has 1 aromatic carbocycles. The molecule has 0 aromatic heterocycles. The molecule has 1 aromatic rings. The first kappa shape index (κ1) is 11.4. The molecular weight excluding hydrogens is 196 g/mol. The van der Waals surface area contributed by atoms with Gasteiger partial charge in [-0.25, -0.2) is 0 Å². The van der Waals surface area contributed by atoms with Crippen LogP contribution < -0.4 is 5.19 Å². The van der Waals surface area contributed by atoms with Crippen molar-refractivity contribution in [3.05, 3.63) is 29.8 Å². The average molecular weight is 212 g/mol. The Hall–Kier alpha value is -0.683. The first-order chi connectivity index (χ1) is 6.83. The highest BCUT2D eigenvalue weighted by Gasteiger charge is 2.16. The smallest absolute Gasteiger partial charge is 0.355 e. The Morgan fingerprint density at radius 2 is 1.71 bits per heavy atom. The van der Waals surface area contributed by atoms with E-state index in [0.717, 1.165) is 10.8 Å². The average Bonchev–Trinajstić information content (AvgIpc) is 2.23. The summed E-state index contributed by atoms with van der Waals surface area (Å²) in [6, 6.07) is 8.07. The quantitative estimate of drug-likeness (QED) is 0.667. The zero-order valence-electron chi connectivity index (χ0n) is 8.82. The van der Waals surface area contributed by atoms with Gasteiger partial charge in [-0.05, 0) is 10.8 Å². The molecule has 14 heavy (non-hydrogen) atoms. The van der Waals surface area contributed by atoms with Gasteiger partial charge in [0.25, 0.3) is 0 Å². The summed E-state index contributed by atoms with van der Waals surface area (Å²) < 4.78 is 15.8. The first-order valence-corrected chi connectivity index (χ1v) is 5.97. The van der Waals surface area contributed by atoms with E-state index in [9.17, 15) is 0 Å². The van der Waals surface area contributed by atoms with E-state index in [1.165, 1.54) is 0 Å². The molecule has 3 nitrogen and oxygen atoms in total. The lowest BCUT2D eigenvalue weighted by Crippen LogP contribution is -2.37. The van der Waals surface area contributed by atoms with Gasteiger partial charge in [0, 0.05) is 21.3 Å². The summed E-state index contributed by atoms with van der Waals surface area (Å²) in [5, 5.41) is 1.15. The van der Waals surface area contributed by atoms with Crippen molar-refractivity contribution in [2.45, 2.75) is 6.61 Å². The van der Waals surface area contributed by atoms with Crippen molar-refractivity contribution in [1.29, 1.82) is 0 Å². The van der Waals surface area contributed by atoms with Crippen LogP contribution in [0.4, 0.5) is 0 Å². The van der Waals surface area contributed by atoms with Gasteiger partial charge in [-0.1, -0.05) is 24.3 Å². The number of ether oxygens (including phenoxy) is 1. The summed E-state index contributed by atoms with van der Waals surface area (Å²) in [5.41, 5.74) is 1.15. The molecule has 0 bridgehead atoms. The second-order valence-electron chi connectivity index (χ2n) is 2.94. The highest BCUT2D eigenvalue weighted by Crippen LogP contribution is 2.01. The van der Waals surface area contributed by atoms with Gasteiger partial charge in [-0.2, -0.15) is 0 Å². The van der Waals surface area contributed by atoms with Crippen molar-refractivity contribution >= 4 is 14.5 Å². The molecule has 0 saturated heterocycles. The summed E-state index contributed by atoms with van der Waals surface area (Å²) in [6.45, 7) is 0.604. The predicted molar refractivity (Wildman–Crippen MR) is 58.0 cm³/mol. The predicted octanol–water partition coefficient (Wildman–Crippen LogP) is 0.553. The van der Waals surface area contributed by atoms with E-state index >= 15 is 0 Å². The summed E-state index contributed by atoms with van der Waals surface area (Å²) in [6.07, 6.45) is 0. The summed E-state index contributed by atoms with van der Waals surface area (Å²) in [7, 11) is 3.36. The molecule has 0 aliphatic heterocycles. The fraction of sp³-hybridized carbons (Fsp3) is 0.400. The molecule has 1 rings (SSSR count). The molecule has 0 aliphatic rings. The molecule has 0 atom stereocenters. The second kappa shape index (κ2) is 5.92. The monoisotopic (exact) mass is 212 g/mol. The number of benzene rings is 1. The van der Waals surface area contributed by atoms with Gasteiger partial charge in [0.2, 0.25) is 0 Å². The highest BCUT2D eigenvalue weighted by atomic mass is 28.3. The molecule has 4 heteroatoms. The van der Waals surface area contributed by atoms with Crippen molar-refractivity contribution in [2.24, 2.45) is 0 Å². The van der Waals surface area contributed by atoms with E-state index in [0.29, 0.717) is 6.61 Å². The van der Waals surface area contributed by atoms with Crippen LogP contribution in [0.3, 0.4) is 0 Å². The van der Waals surface area contributed by atoms with Crippen molar-refractivity contribution in [2.75, 3.05) is 21.3 Å². The van der Waals surface area contributed by atoms with Gasteiger partial charge in [-0.3, -0.25) is 0 Å². The van der Waals surface area contributed by atoms with E-state index in [1.807, 2.05) is 24.3 Å². The summed E-state index contributed by atoms with van der Waals surface area (Å²) >= 11 is 0. The normalized spacial score (nSPS) is 10.9. The Labute approximate surface area is 86.5 Å². The standard InChI is InChI=1S/C10H16O3Si/c1-11-8-9-6-4-5-7-10(9)14(12-2)13-3/h4-7,14H,8H2,1-3H3. The molecule has 0 unspecified atom stereocenters. The van der Waals surface area contributed by atoms with Gasteiger partial charge in [-0.15, -0.1) is 0 Å². The molecule has 0 spiro atoms. The zero-order chi connectivity index (χ0) is 10.4. The third-order valence-electron chi connectivity index (χ3n) is 2.04. The first-order valence-electron chi connectivity index (χ1n) is 4.45. The van der Waals surface area contributed by atoms with Crippen molar-refractivity contribution < 1.29 is 13.6 Å². The van der Waals surface area contributed by atoms with Crippen molar-refractivity contribution in [1.82, 2.24) is 0 Å². The van der Waals surface area contributed by atoms with Crippen LogP contribution >= 0.6 is 0 Å². The number of methoxy groups -OCH3 is 1. The Kier molecular flexibility index (Phi) is 4.82. The lowest BCUT2D eigenvalue weighted by atomic mass is 10.2. The van der Waals surface area contributed by atoms with Crippen molar-refractivity contribution in [3.63, 3.8) is 0 Å². The van der Waals surface area contributed by atoms with Crippen LogP contribution in [0.25, 0.3) is 0 Å². The van der Waals surface area contributed by atoms with Crippen molar-refractivity contribution in [3.8, 4) is 0 Å². The van der Waals surface area contributed by atoms with Gasteiger partial charge in [0.05, 0.1) is 6.61 Å². The molecule has 0 heterocycles. The molecule has 0 N–H and O–H groups in total. The molecule has 0 aliphatic carbocycles. The minimum atomic E-state index is -1.70. The molecule has 0 fully saturated rings.